The van der Waals surface area contributed by atoms with Crippen LogP contribution in [0.25, 0.3) is 0 Å². The first-order chi connectivity index (χ1) is 14.3. The van der Waals surface area contributed by atoms with E-state index in [1.165, 1.54) is 36.4 Å². The second-order valence-corrected chi connectivity index (χ2v) is 6.63. The highest BCUT2D eigenvalue weighted by Crippen LogP contribution is 2.26. The number of carbonyl (C=O) groups is 3. The largest absolute Gasteiger partial charge is 0.477 e. The number of ether oxygens (including phenoxy) is 1. The number of nitrogens with one attached hydrogen (secondary N) is 3. The number of rotatable bonds is 8. The van der Waals surface area contributed by atoms with Crippen LogP contribution in [0.3, 0.4) is 0 Å². The fraction of sp³-hybridized carbons (Fsp3) is 0.167. The van der Waals surface area contributed by atoms with Crippen molar-refractivity contribution in [2.24, 2.45) is 0 Å². The summed E-state index contributed by atoms with van der Waals surface area (Å²) in [5.41, 5.74) is 4.27. The van der Waals surface area contributed by atoms with Crippen LogP contribution >= 0.6 is 23.2 Å². The molecule has 0 heterocycles. The standard InChI is InChI=1S/C18H16Cl2N4O6/c19-11-5-6-13(12(20)9-11)21-16(25)7-8-17(26)22-23-18(27)10-30-15-4-2-1-3-14(15)24(28)29/h1-6,9H,7-8,10H2,(H,21,25)(H,22,26)(H,23,27). The van der Waals surface area contributed by atoms with Gasteiger partial charge in [0.1, 0.15) is 0 Å². The van der Waals surface area contributed by atoms with Crippen LogP contribution in [-0.2, 0) is 14.4 Å². The molecule has 2 aromatic rings. The number of carbonyl (C=O) groups excluding carboxylic acids is 3. The molecule has 158 valence electrons. The van der Waals surface area contributed by atoms with E-state index < -0.39 is 29.3 Å². The van der Waals surface area contributed by atoms with Crippen molar-refractivity contribution in [2.75, 3.05) is 11.9 Å². The Hall–Kier alpha value is -3.37. The molecule has 0 aliphatic heterocycles. The third-order valence-electron chi connectivity index (χ3n) is 3.55. The Kier molecular flexibility index (Phi) is 8.39. The fourth-order valence-corrected chi connectivity index (χ4v) is 2.60. The molecule has 2 rings (SSSR count). The van der Waals surface area contributed by atoms with Crippen molar-refractivity contribution >= 4 is 52.3 Å². The molecule has 2 aromatic carbocycles. The van der Waals surface area contributed by atoms with Crippen LogP contribution in [0.2, 0.25) is 10.0 Å². The summed E-state index contributed by atoms with van der Waals surface area (Å²) in [5.74, 6) is -1.90. The van der Waals surface area contributed by atoms with E-state index >= 15 is 0 Å². The van der Waals surface area contributed by atoms with Gasteiger partial charge in [0.05, 0.1) is 15.6 Å². The number of anilines is 1. The Balaban J connectivity index is 1.71. The average molecular weight is 455 g/mol. The molecule has 10 nitrogen and oxygen atoms in total. The molecule has 0 atom stereocenters. The molecule has 0 aliphatic rings. The molecule has 12 heteroatoms. The van der Waals surface area contributed by atoms with Gasteiger partial charge in [0, 0.05) is 23.9 Å². The molecule has 0 unspecified atom stereocenters. The van der Waals surface area contributed by atoms with Crippen molar-refractivity contribution in [3.8, 4) is 5.75 Å². The first kappa shape index (κ1) is 22.9. The maximum Gasteiger partial charge on any atom is 0.310 e. The number of amides is 3. The lowest BCUT2D eigenvalue weighted by molar-refractivity contribution is -0.385. The SMILES string of the molecule is O=C(CCC(=O)Nc1ccc(Cl)cc1Cl)NNC(=O)COc1ccccc1[N+](=O)[O-]. The van der Waals surface area contributed by atoms with Crippen LogP contribution in [0.5, 0.6) is 5.75 Å². The Morgan fingerprint density at radius 2 is 1.63 bits per heavy atom. The predicted octanol–water partition coefficient (Wildman–Crippen LogP) is 2.85. The topological polar surface area (TPSA) is 140 Å². The molecule has 0 aliphatic carbocycles. The summed E-state index contributed by atoms with van der Waals surface area (Å²) in [7, 11) is 0. The van der Waals surface area contributed by atoms with E-state index in [1.807, 2.05) is 0 Å². The van der Waals surface area contributed by atoms with Crippen molar-refractivity contribution in [2.45, 2.75) is 12.8 Å². The first-order valence-corrected chi connectivity index (χ1v) is 9.20. The predicted molar refractivity (Wildman–Crippen MR) is 109 cm³/mol. The first-order valence-electron chi connectivity index (χ1n) is 8.45. The van der Waals surface area contributed by atoms with Crippen LogP contribution in [0, 0.1) is 10.1 Å². The third kappa shape index (κ3) is 7.22. The van der Waals surface area contributed by atoms with Gasteiger partial charge >= 0.3 is 5.69 Å². The Morgan fingerprint density at radius 1 is 0.967 bits per heavy atom. The average Bonchev–Trinajstić information content (AvgIpc) is 2.71. The number of nitro benzene ring substituents is 1. The molecule has 3 N–H and O–H groups in total. The van der Waals surface area contributed by atoms with Gasteiger partial charge in [-0.05, 0) is 24.3 Å². The van der Waals surface area contributed by atoms with Crippen LogP contribution in [0.15, 0.2) is 42.5 Å². The molecule has 0 saturated heterocycles. The van der Waals surface area contributed by atoms with Crippen LogP contribution in [0.4, 0.5) is 11.4 Å². The van der Waals surface area contributed by atoms with Gasteiger partial charge in [0.25, 0.3) is 5.91 Å². The minimum absolute atomic E-state index is 0.0819. The van der Waals surface area contributed by atoms with Crippen LogP contribution in [-0.4, -0.2) is 29.3 Å². The van der Waals surface area contributed by atoms with Gasteiger partial charge in [-0.25, -0.2) is 0 Å². The highest BCUT2D eigenvalue weighted by molar-refractivity contribution is 6.36. The van der Waals surface area contributed by atoms with Crippen molar-refractivity contribution in [3.63, 3.8) is 0 Å². The lowest BCUT2D eigenvalue weighted by Gasteiger charge is -2.10. The van der Waals surface area contributed by atoms with Gasteiger partial charge in [-0.1, -0.05) is 35.3 Å². The summed E-state index contributed by atoms with van der Waals surface area (Å²) in [6, 6.07) is 10.1. The van der Waals surface area contributed by atoms with E-state index in [0.717, 1.165) is 0 Å². The second kappa shape index (κ2) is 11.0. The van der Waals surface area contributed by atoms with Gasteiger partial charge in [0.2, 0.25) is 11.8 Å². The number of nitrogens with zero attached hydrogens (tertiary/aromatic N) is 1. The summed E-state index contributed by atoms with van der Waals surface area (Å²) < 4.78 is 5.09. The van der Waals surface area contributed by atoms with Crippen molar-refractivity contribution in [1.29, 1.82) is 0 Å². The molecule has 0 bridgehead atoms. The van der Waals surface area contributed by atoms with E-state index in [2.05, 4.69) is 16.2 Å². The lowest BCUT2D eigenvalue weighted by Crippen LogP contribution is -2.44. The van der Waals surface area contributed by atoms with E-state index in [0.29, 0.717) is 10.7 Å². The Bertz CT molecular complexity index is 969. The molecule has 0 spiro atoms. The summed E-state index contributed by atoms with van der Waals surface area (Å²) in [6.45, 7) is -0.555. The molecule has 0 aromatic heterocycles. The van der Waals surface area contributed by atoms with Crippen molar-refractivity contribution in [1.82, 2.24) is 10.9 Å². The molecular formula is C18H16Cl2N4O6. The maximum atomic E-state index is 11.9. The number of hydrogen-bond donors (Lipinski definition) is 3. The Labute approximate surface area is 180 Å². The molecule has 0 fully saturated rings. The zero-order valence-corrected chi connectivity index (χ0v) is 16.8. The number of benzene rings is 2. The minimum atomic E-state index is -0.737. The van der Waals surface area contributed by atoms with E-state index in [-0.39, 0.29) is 29.3 Å². The summed E-state index contributed by atoms with van der Waals surface area (Å²) in [6.07, 6.45) is -0.365. The summed E-state index contributed by atoms with van der Waals surface area (Å²) in [5, 5.41) is 14.1. The summed E-state index contributed by atoms with van der Waals surface area (Å²) >= 11 is 11.7. The highest BCUT2D eigenvalue weighted by Gasteiger charge is 2.15. The number of hydrogen-bond acceptors (Lipinski definition) is 6. The van der Waals surface area contributed by atoms with Gasteiger partial charge in [-0.2, -0.15) is 0 Å². The number of nitro groups is 1. The van der Waals surface area contributed by atoms with Gasteiger partial charge < -0.3 is 10.1 Å². The molecule has 3 amide bonds. The number of hydrazine groups is 1. The fourth-order valence-electron chi connectivity index (χ4n) is 2.14. The molecular weight excluding hydrogens is 439 g/mol. The zero-order valence-electron chi connectivity index (χ0n) is 15.3. The van der Waals surface area contributed by atoms with Gasteiger partial charge in [-0.3, -0.25) is 35.3 Å². The minimum Gasteiger partial charge on any atom is -0.477 e. The second-order valence-electron chi connectivity index (χ2n) is 5.78. The highest BCUT2D eigenvalue weighted by atomic mass is 35.5. The zero-order chi connectivity index (χ0) is 22.1. The Morgan fingerprint density at radius 3 is 2.33 bits per heavy atom. The normalized spacial score (nSPS) is 10.1. The van der Waals surface area contributed by atoms with Gasteiger partial charge in [0.15, 0.2) is 12.4 Å². The van der Waals surface area contributed by atoms with E-state index in [1.54, 1.807) is 6.07 Å². The van der Waals surface area contributed by atoms with Crippen molar-refractivity contribution in [3.05, 3.63) is 62.6 Å². The maximum absolute atomic E-state index is 11.9. The monoisotopic (exact) mass is 454 g/mol. The lowest BCUT2D eigenvalue weighted by atomic mass is 10.2. The third-order valence-corrected chi connectivity index (χ3v) is 4.09. The summed E-state index contributed by atoms with van der Waals surface area (Å²) in [4.78, 5) is 45.6. The number of para-hydroxylation sites is 2. The quantitative estimate of drug-likeness (QED) is 0.413. The van der Waals surface area contributed by atoms with Gasteiger partial charge in [-0.15, -0.1) is 0 Å². The van der Waals surface area contributed by atoms with Crippen LogP contribution in [0.1, 0.15) is 12.8 Å². The smallest absolute Gasteiger partial charge is 0.310 e. The van der Waals surface area contributed by atoms with Crippen LogP contribution < -0.4 is 20.9 Å². The molecule has 30 heavy (non-hydrogen) atoms. The molecule has 0 radical (unpaired) electrons. The van der Waals surface area contributed by atoms with E-state index in [4.69, 9.17) is 27.9 Å². The van der Waals surface area contributed by atoms with Crippen molar-refractivity contribution < 1.29 is 24.0 Å². The molecule has 0 saturated carbocycles. The number of halogens is 2. The van der Waals surface area contributed by atoms with E-state index in [9.17, 15) is 24.5 Å².